The molecule has 2 heterocycles. The van der Waals surface area contributed by atoms with Crippen LogP contribution in [-0.2, 0) is 6.54 Å². The quantitative estimate of drug-likeness (QED) is 0.395. The van der Waals surface area contributed by atoms with Gasteiger partial charge >= 0.3 is 0 Å². The smallest absolute Gasteiger partial charge is 0.229 e. The van der Waals surface area contributed by atoms with Gasteiger partial charge in [0.25, 0.3) is 0 Å². The first-order valence-corrected chi connectivity index (χ1v) is 9.01. The fourth-order valence-electron chi connectivity index (χ4n) is 3.12. The van der Waals surface area contributed by atoms with Crippen LogP contribution in [0.2, 0.25) is 0 Å². The first-order chi connectivity index (χ1) is 13.6. The fourth-order valence-corrected chi connectivity index (χ4v) is 3.12. The maximum atomic E-state index is 14.8. The summed E-state index contributed by atoms with van der Waals surface area (Å²) in [5.41, 5.74) is 4.10. The molecule has 0 aliphatic carbocycles. The zero-order chi connectivity index (χ0) is 19.5. The molecule has 0 atom stereocenters. The fraction of sp³-hybridized carbons (Fsp3) is 0.143. The topological polar surface area (TPSA) is 77.7 Å². The third-order valence-corrected chi connectivity index (χ3v) is 4.35. The van der Waals surface area contributed by atoms with Crippen molar-refractivity contribution in [2.45, 2.75) is 13.5 Å². The van der Waals surface area contributed by atoms with Gasteiger partial charge in [0.1, 0.15) is 5.82 Å². The van der Waals surface area contributed by atoms with Gasteiger partial charge in [-0.15, -0.1) is 0 Å². The van der Waals surface area contributed by atoms with Crippen molar-refractivity contribution in [3.8, 4) is 0 Å². The third-order valence-electron chi connectivity index (χ3n) is 4.35. The van der Waals surface area contributed by atoms with Crippen molar-refractivity contribution in [2.75, 3.05) is 17.7 Å². The van der Waals surface area contributed by atoms with E-state index in [4.69, 9.17) is 0 Å². The molecule has 142 valence electrons. The zero-order valence-electron chi connectivity index (χ0n) is 15.7. The van der Waals surface area contributed by atoms with Gasteiger partial charge in [0.15, 0.2) is 5.82 Å². The number of hydrogen-bond donors (Lipinski definition) is 4. The number of aromatic amines is 1. The number of fused-ring (bicyclic) bond motifs is 1. The van der Waals surface area contributed by atoms with Crippen LogP contribution in [0.1, 0.15) is 11.3 Å². The number of halogens is 1. The Morgan fingerprint density at radius 1 is 1.07 bits per heavy atom. The summed E-state index contributed by atoms with van der Waals surface area (Å²) in [7, 11) is 1.91. The van der Waals surface area contributed by atoms with E-state index >= 15 is 0 Å². The minimum absolute atomic E-state index is 0.310. The summed E-state index contributed by atoms with van der Waals surface area (Å²) in [5.74, 6) is 0.634. The molecule has 0 bridgehead atoms. The number of hydrogen-bond acceptors (Lipinski definition) is 5. The van der Waals surface area contributed by atoms with Crippen molar-refractivity contribution in [1.82, 2.24) is 20.3 Å². The van der Waals surface area contributed by atoms with Crippen molar-refractivity contribution in [1.29, 1.82) is 0 Å². The summed E-state index contributed by atoms with van der Waals surface area (Å²) < 4.78 is 14.8. The van der Waals surface area contributed by atoms with Crippen molar-refractivity contribution < 1.29 is 4.39 Å². The molecule has 0 unspecified atom stereocenters. The Hall–Kier alpha value is -3.45. The van der Waals surface area contributed by atoms with Crippen LogP contribution < -0.4 is 16.0 Å². The van der Waals surface area contributed by atoms with Crippen molar-refractivity contribution in [2.24, 2.45) is 0 Å². The van der Waals surface area contributed by atoms with Gasteiger partial charge < -0.3 is 20.9 Å². The summed E-state index contributed by atoms with van der Waals surface area (Å²) in [6.07, 6.45) is 1.63. The highest BCUT2D eigenvalue weighted by molar-refractivity contribution is 5.85. The normalized spacial score (nSPS) is 11.0. The van der Waals surface area contributed by atoms with Gasteiger partial charge in [-0.2, -0.15) is 4.98 Å². The van der Waals surface area contributed by atoms with Gasteiger partial charge in [-0.25, -0.2) is 9.37 Å². The van der Waals surface area contributed by atoms with Gasteiger partial charge in [0.05, 0.1) is 5.69 Å². The number of anilines is 4. The van der Waals surface area contributed by atoms with E-state index in [0.717, 1.165) is 29.0 Å². The standard InChI is InChI=1S/C21H21FN6/c1-13-10-16-17(25-13)6-7-18(20(16)22)27-19-8-9-24-21(28-19)26-15-5-3-4-14(11-15)12-23-2/h3-11,23,25H,12H2,1-2H3,(H2,24,26,27,28). The molecule has 4 aromatic rings. The third kappa shape index (κ3) is 3.79. The second-order valence-corrected chi connectivity index (χ2v) is 6.59. The summed E-state index contributed by atoms with van der Waals surface area (Å²) >= 11 is 0. The van der Waals surface area contributed by atoms with Crippen molar-refractivity contribution in [3.05, 3.63) is 71.8 Å². The molecular formula is C21H21FN6. The second-order valence-electron chi connectivity index (χ2n) is 6.59. The minimum Gasteiger partial charge on any atom is -0.359 e. The number of aromatic nitrogens is 3. The SMILES string of the molecule is CNCc1cccc(Nc2nccc(Nc3ccc4[nH]c(C)cc4c3F)n2)c1. The van der Waals surface area contributed by atoms with Gasteiger partial charge in [0, 0.05) is 35.0 Å². The first-order valence-electron chi connectivity index (χ1n) is 9.01. The summed E-state index contributed by atoms with van der Waals surface area (Å²) in [6, 6.07) is 15.0. The summed E-state index contributed by atoms with van der Waals surface area (Å²) in [5, 5.41) is 9.91. The van der Waals surface area contributed by atoms with E-state index in [1.54, 1.807) is 24.4 Å². The van der Waals surface area contributed by atoms with Crippen LogP contribution in [0.5, 0.6) is 0 Å². The molecule has 0 spiro atoms. The molecular weight excluding hydrogens is 355 g/mol. The number of benzene rings is 2. The minimum atomic E-state index is -0.310. The van der Waals surface area contributed by atoms with Crippen LogP contribution in [0.15, 0.2) is 54.7 Å². The van der Waals surface area contributed by atoms with Crippen LogP contribution in [0.25, 0.3) is 10.9 Å². The van der Waals surface area contributed by atoms with Crippen molar-refractivity contribution in [3.63, 3.8) is 0 Å². The van der Waals surface area contributed by atoms with E-state index in [2.05, 4.69) is 30.9 Å². The lowest BCUT2D eigenvalue weighted by molar-refractivity contribution is 0.644. The Morgan fingerprint density at radius 3 is 2.82 bits per heavy atom. The van der Waals surface area contributed by atoms with Gasteiger partial charge in [-0.3, -0.25) is 0 Å². The van der Waals surface area contributed by atoms with Gasteiger partial charge in [-0.05, 0) is 55.9 Å². The predicted octanol–water partition coefficient (Wildman–Crippen LogP) is 4.61. The van der Waals surface area contributed by atoms with E-state index in [1.807, 2.05) is 44.3 Å². The molecule has 4 N–H and O–H groups in total. The molecule has 7 heteroatoms. The van der Waals surface area contributed by atoms with E-state index in [9.17, 15) is 4.39 Å². The van der Waals surface area contributed by atoms with E-state index < -0.39 is 0 Å². The molecule has 2 aromatic heterocycles. The lowest BCUT2D eigenvalue weighted by Gasteiger charge is -2.10. The van der Waals surface area contributed by atoms with Crippen LogP contribution in [0, 0.1) is 12.7 Å². The number of H-pyrrole nitrogens is 1. The second kappa shape index (κ2) is 7.66. The Kier molecular flexibility index (Phi) is 4.90. The Labute approximate surface area is 162 Å². The number of aryl methyl sites for hydroxylation is 1. The summed E-state index contributed by atoms with van der Waals surface area (Å²) in [6.45, 7) is 2.68. The number of nitrogens with zero attached hydrogens (tertiary/aromatic N) is 2. The molecule has 4 rings (SSSR count). The molecule has 6 nitrogen and oxygen atoms in total. The van der Waals surface area contributed by atoms with Gasteiger partial charge in [-0.1, -0.05) is 12.1 Å². The Bertz CT molecular complexity index is 1120. The zero-order valence-corrected chi connectivity index (χ0v) is 15.7. The molecule has 0 saturated carbocycles. The van der Waals surface area contributed by atoms with E-state index in [-0.39, 0.29) is 5.82 Å². The molecule has 28 heavy (non-hydrogen) atoms. The van der Waals surface area contributed by atoms with Crippen LogP contribution >= 0.6 is 0 Å². The molecule has 2 aromatic carbocycles. The molecule has 0 amide bonds. The van der Waals surface area contributed by atoms with Crippen LogP contribution in [0.4, 0.5) is 27.5 Å². The number of rotatable bonds is 6. The predicted molar refractivity (Wildman–Crippen MR) is 111 cm³/mol. The highest BCUT2D eigenvalue weighted by atomic mass is 19.1. The Morgan fingerprint density at radius 2 is 1.96 bits per heavy atom. The largest absolute Gasteiger partial charge is 0.359 e. The molecule has 0 saturated heterocycles. The average Bonchev–Trinajstić information content (AvgIpc) is 3.06. The van der Waals surface area contributed by atoms with Gasteiger partial charge in [0.2, 0.25) is 5.95 Å². The molecule has 0 fully saturated rings. The maximum absolute atomic E-state index is 14.8. The van der Waals surface area contributed by atoms with Crippen molar-refractivity contribution >= 4 is 34.0 Å². The lowest BCUT2D eigenvalue weighted by atomic mass is 10.2. The first kappa shape index (κ1) is 17.9. The molecule has 0 aliphatic heterocycles. The highest BCUT2D eigenvalue weighted by Crippen LogP contribution is 2.27. The molecule has 0 radical (unpaired) electrons. The Balaban J connectivity index is 1.56. The van der Waals surface area contributed by atoms with E-state index in [0.29, 0.717) is 22.8 Å². The summed E-state index contributed by atoms with van der Waals surface area (Å²) in [4.78, 5) is 11.8. The molecule has 0 aliphatic rings. The van der Waals surface area contributed by atoms with Crippen LogP contribution in [0.3, 0.4) is 0 Å². The monoisotopic (exact) mass is 376 g/mol. The highest BCUT2D eigenvalue weighted by Gasteiger charge is 2.10. The maximum Gasteiger partial charge on any atom is 0.229 e. The lowest BCUT2D eigenvalue weighted by Crippen LogP contribution is -2.05. The number of nitrogens with one attached hydrogen (secondary N) is 4. The van der Waals surface area contributed by atoms with Crippen LogP contribution in [-0.4, -0.2) is 22.0 Å². The average molecular weight is 376 g/mol. The van der Waals surface area contributed by atoms with E-state index in [1.165, 1.54) is 0 Å².